The molecule has 15 heavy (non-hydrogen) atoms. The predicted molar refractivity (Wildman–Crippen MR) is 58.6 cm³/mol. The molecule has 0 N–H and O–H groups in total. The molecule has 0 fully saturated rings. The normalized spacial score (nSPS) is 11.9. The van der Waals surface area contributed by atoms with Crippen LogP contribution in [0.4, 0.5) is 0 Å². The second kappa shape index (κ2) is 5.39. The quantitative estimate of drug-likeness (QED) is 0.697. The van der Waals surface area contributed by atoms with Crippen LogP contribution in [0, 0.1) is 0 Å². The topological polar surface area (TPSA) is 35.5 Å². The Balaban J connectivity index is 3.08. The van der Waals surface area contributed by atoms with Gasteiger partial charge in [0.25, 0.3) is 0 Å². The molecule has 1 aromatic rings. The molecule has 1 aromatic carbocycles. The smallest absolute Gasteiger partial charge is 0.127 e. The van der Waals surface area contributed by atoms with Gasteiger partial charge in [0.2, 0.25) is 0 Å². The highest BCUT2D eigenvalue weighted by Gasteiger charge is 2.11. The first-order valence-electron chi connectivity index (χ1n) is 4.99. The van der Waals surface area contributed by atoms with Crippen LogP contribution < -0.4 is 9.47 Å². The van der Waals surface area contributed by atoms with Gasteiger partial charge in [0.15, 0.2) is 0 Å². The summed E-state index contributed by atoms with van der Waals surface area (Å²) >= 11 is 0. The van der Waals surface area contributed by atoms with E-state index in [-0.39, 0.29) is 5.92 Å². The molecule has 0 saturated carbocycles. The minimum atomic E-state index is -0.155. The lowest BCUT2D eigenvalue weighted by atomic mass is 10.0. The van der Waals surface area contributed by atoms with Crippen molar-refractivity contribution in [1.82, 2.24) is 0 Å². The van der Waals surface area contributed by atoms with Crippen molar-refractivity contribution in [2.75, 3.05) is 13.7 Å². The molecule has 82 valence electrons. The first-order chi connectivity index (χ1) is 7.22. The van der Waals surface area contributed by atoms with Crippen LogP contribution in [0.3, 0.4) is 0 Å². The van der Waals surface area contributed by atoms with Crippen molar-refractivity contribution in [2.24, 2.45) is 0 Å². The largest absolute Gasteiger partial charge is 0.497 e. The molecule has 1 atom stereocenters. The SMILES string of the molecule is CCOc1cc(OC)ccc1C(C)C=O. The van der Waals surface area contributed by atoms with E-state index in [1.807, 2.05) is 26.0 Å². The minimum absolute atomic E-state index is 0.155. The van der Waals surface area contributed by atoms with E-state index in [4.69, 9.17) is 9.47 Å². The van der Waals surface area contributed by atoms with Crippen molar-refractivity contribution in [3.05, 3.63) is 23.8 Å². The van der Waals surface area contributed by atoms with Crippen LogP contribution in [0.25, 0.3) is 0 Å². The summed E-state index contributed by atoms with van der Waals surface area (Å²) in [4.78, 5) is 10.7. The second-order valence-electron chi connectivity index (χ2n) is 3.26. The molecule has 0 bridgehead atoms. The number of rotatable bonds is 5. The van der Waals surface area contributed by atoms with Gasteiger partial charge in [0.05, 0.1) is 13.7 Å². The van der Waals surface area contributed by atoms with Gasteiger partial charge in [-0.1, -0.05) is 13.0 Å². The van der Waals surface area contributed by atoms with E-state index >= 15 is 0 Å². The third kappa shape index (κ3) is 2.72. The zero-order valence-electron chi connectivity index (χ0n) is 9.32. The number of aldehydes is 1. The maximum Gasteiger partial charge on any atom is 0.127 e. The molecule has 0 amide bonds. The van der Waals surface area contributed by atoms with Gasteiger partial charge in [-0.2, -0.15) is 0 Å². The first-order valence-corrected chi connectivity index (χ1v) is 4.99. The monoisotopic (exact) mass is 208 g/mol. The third-order valence-corrected chi connectivity index (χ3v) is 2.22. The van der Waals surface area contributed by atoms with E-state index in [2.05, 4.69) is 0 Å². The van der Waals surface area contributed by atoms with Crippen LogP contribution in [-0.4, -0.2) is 20.0 Å². The third-order valence-electron chi connectivity index (χ3n) is 2.22. The molecule has 3 heteroatoms. The van der Waals surface area contributed by atoms with E-state index in [1.54, 1.807) is 13.2 Å². The van der Waals surface area contributed by atoms with Crippen molar-refractivity contribution in [3.63, 3.8) is 0 Å². The number of carbonyl (C=O) groups is 1. The minimum Gasteiger partial charge on any atom is -0.497 e. The van der Waals surface area contributed by atoms with E-state index in [1.165, 1.54) is 0 Å². The molecular weight excluding hydrogens is 192 g/mol. The Morgan fingerprint density at radius 1 is 1.47 bits per heavy atom. The molecule has 0 saturated heterocycles. The van der Waals surface area contributed by atoms with Crippen LogP contribution >= 0.6 is 0 Å². The Morgan fingerprint density at radius 2 is 2.20 bits per heavy atom. The van der Waals surface area contributed by atoms with Gasteiger partial charge in [0, 0.05) is 17.5 Å². The van der Waals surface area contributed by atoms with E-state index in [0.29, 0.717) is 6.61 Å². The van der Waals surface area contributed by atoms with Crippen molar-refractivity contribution in [1.29, 1.82) is 0 Å². The van der Waals surface area contributed by atoms with Gasteiger partial charge < -0.3 is 14.3 Å². The van der Waals surface area contributed by atoms with Crippen LogP contribution in [0.5, 0.6) is 11.5 Å². The van der Waals surface area contributed by atoms with Crippen LogP contribution in [0.1, 0.15) is 25.3 Å². The maximum absolute atomic E-state index is 10.7. The average molecular weight is 208 g/mol. The zero-order chi connectivity index (χ0) is 11.3. The Labute approximate surface area is 90.0 Å². The molecule has 0 aliphatic carbocycles. The van der Waals surface area contributed by atoms with E-state index < -0.39 is 0 Å². The van der Waals surface area contributed by atoms with Gasteiger partial charge in [-0.25, -0.2) is 0 Å². The number of carbonyl (C=O) groups excluding carboxylic acids is 1. The zero-order valence-corrected chi connectivity index (χ0v) is 9.32. The molecule has 0 aromatic heterocycles. The van der Waals surface area contributed by atoms with Crippen molar-refractivity contribution in [3.8, 4) is 11.5 Å². The molecule has 3 nitrogen and oxygen atoms in total. The fourth-order valence-electron chi connectivity index (χ4n) is 1.37. The Kier molecular flexibility index (Phi) is 4.16. The summed E-state index contributed by atoms with van der Waals surface area (Å²) in [5.41, 5.74) is 0.896. The van der Waals surface area contributed by atoms with Crippen LogP contribution in [0.15, 0.2) is 18.2 Å². The van der Waals surface area contributed by atoms with Crippen LogP contribution in [0.2, 0.25) is 0 Å². The summed E-state index contributed by atoms with van der Waals surface area (Å²) in [6, 6.07) is 5.50. The molecule has 0 radical (unpaired) electrons. The van der Waals surface area contributed by atoms with Crippen molar-refractivity contribution < 1.29 is 14.3 Å². The Hall–Kier alpha value is -1.51. The highest BCUT2D eigenvalue weighted by atomic mass is 16.5. The van der Waals surface area contributed by atoms with Crippen molar-refractivity contribution >= 4 is 6.29 Å². The Bertz CT molecular complexity index is 334. The van der Waals surface area contributed by atoms with E-state index in [0.717, 1.165) is 23.3 Å². The number of hydrogen-bond donors (Lipinski definition) is 0. The van der Waals surface area contributed by atoms with Gasteiger partial charge in [-0.15, -0.1) is 0 Å². The maximum atomic E-state index is 10.7. The molecule has 0 aliphatic rings. The average Bonchev–Trinajstić information content (AvgIpc) is 2.28. The van der Waals surface area contributed by atoms with Gasteiger partial charge in [-0.3, -0.25) is 0 Å². The molecule has 1 rings (SSSR count). The number of ether oxygens (including phenoxy) is 2. The standard InChI is InChI=1S/C12H16O3/c1-4-15-12-7-10(14-3)5-6-11(12)9(2)8-13/h5-9H,4H2,1-3H3. The van der Waals surface area contributed by atoms with Crippen LogP contribution in [-0.2, 0) is 4.79 Å². The molecule has 0 aliphatic heterocycles. The summed E-state index contributed by atoms with van der Waals surface area (Å²) in [6.45, 7) is 4.33. The summed E-state index contributed by atoms with van der Waals surface area (Å²) in [7, 11) is 1.61. The lowest BCUT2D eigenvalue weighted by Crippen LogP contribution is -2.01. The van der Waals surface area contributed by atoms with Gasteiger partial charge in [0.1, 0.15) is 17.8 Å². The highest BCUT2D eigenvalue weighted by Crippen LogP contribution is 2.29. The fourth-order valence-corrected chi connectivity index (χ4v) is 1.37. The van der Waals surface area contributed by atoms with Gasteiger partial charge in [-0.05, 0) is 13.0 Å². The summed E-state index contributed by atoms with van der Waals surface area (Å²) in [6.07, 6.45) is 0.907. The molecule has 0 heterocycles. The molecular formula is C12H16O3. The molecule has 0 spiro atoms. The summed E-state index contributed by atoms with van der Waals surface area (Å²) in [5, 5.41) is 0. The number of hydrogen-bond acceptors (Lipinski definition) is 3. The summed E-state index contributed by atoms with van der Waals surface area (Å²) < 4.78 is 10.6. The predicted octanol–water partition coefficient (Wildman–Crippen LogP) is 2.40. The number of benzene rings is 1. The van der Waals surface area contributed by atoms with Crippen molar-refractivity contribution in [2.45, 2.75) is 19.8 Å². The van der Waals surface area contributed by atoms with E-state index in [9.17, 15) is 4.79 Å². The lowest BCUT2D eigenvalue weighted by molar-refractivity contribution is -0.108. The lowest BCUT2D eigenvalue weighted by Gasteiger charge is -2.13. The Morgan fingerprint density at radius 3 is 2.73 bits per heavy atom. The highest BCUT2D eigenvalue weighted by molar-refractivity contribution is 5.64. The fraction of sp³-hybridized carbons (Fsp3) is 0.417. The molecule has 1 unspecified atom stereocenters. The first kappa shape index (κ1) is 11.6. The van der Waals surface area contributed by atoms with Gasteiger partial charge >= 0.3 is 0 Å². The summed E-state index contributed by atoms with van der Waals surface area (Å²) in [5.74, 6) is 1.30. The second-order valence-corrected chi connectivity index (χ2v) is 3.26. The number of methoxy groups -OCH3 is 1.